The Balaban J connectivity index is 2.85. The monoisotopic (exact) mass is 224 g/mol. The molecule has 1 aromatic carbocycles. The molecule has 0 saturated carbocycles. The van der Waals surface area contributed by atoms with Crippen LogP contribution in [0.25, 0.3) is 0 Å². The summed E-state index contributed by atoms with van der Waals surface area (Å²) < 4.78 is 5.00. The van der Waals surface area contributed by atoms with Crippen LogP contribution in [0.4, 0.5) is 0 Å². The van der Waals surface area contributed by atoms with Crippen LogP contribution in [0.1, 0.15) is 23.2 Å². The molecule has 0 bridgehead atoms. The molecule has 0 aliphatic heterocycles. The lowest BCUT2D eigenvalue weighted by Gasteiger charge is -2.04. The van der Waals surface area contributed by atoms with E-state index in [0.717, 1.165) is 0 Å². The first-order valence-electron chi connectivity index (χ1n) is 4.66. The van der Waals surface area contributed by atoms with E-state index in [2.05, 4.69) is 6.58 Å². The zero-order valence-corrected chi connectivity index (χ0v) is 9.38. The number of methoxy groups -OCH3 is 1. The number of ketones is 1. The maximum absolute atomic E-state index is 11.7. The fourth-order valence-corrected chi connectivity index (χ4v) is 1.49. The topological polar surface area (TPSA) is 26.3 Å². The lowest BCUT2D eigenvalue weighted by molar-refractivity contribution is 0.0984. The molecule has 0 N–H and O–H groups in total. The Labute approximate surface area is 94.5 Å². The van der Waals surface area contributed by atoms with Crippen LogP contribution in [0.15, 0.2) is 30.9 Å². The first-order valence-corrected chi connectivity index (χ1v) is 5.04. The largest absolute Gasteiger partial charge is 0.497 e. The van der Waals surface area contributed by atoms with Gasteiger partial charge in [0.25, 0.3) is 0 Å². The van der Waals surface area contributed by atoms with Crippen LogP contribution < -0.4 is 4.74 Å². The van der Waals surface area contributed by atoms with Gasteiger partial charge in [-0.15, -0.1) is 6.58 Å². The van der Waals surface area contributed by atoms with Crippen molar-refractivity contribution in [2.24, 2.45) is 0 Å². The van der Waals surface area contributed by atoms with E-state index in [1.165, 1.54) is 0 Å². The Kier molecular flexibility index (Phi) is 4.37. The van der Waals surface area contributed by atoms with Crippen LogP contribution in [0.3, 0.4) is 0 Å². The van der Waals surface area contributed by atoms with Gasteiger partial charge in [0, 0.05) is 12.0 Å². The molecule has 0 atom stereocenters. The fraction of sp³-hybridized carbons (Fsp3) is 0.250. The summed E-state index contributed by atoms with van der Waals surface area (Å²) in [6.45, 7) is 3.57. The van der Waals surface area contributed by atoms with Gasteiger partial charge in [-0.2, -0.15) is 0 Å². The van der Waals surface area contributed by atoms with Crippen molar-refractivity contribution in [3.63, 3.8) is 0 Å². The highest BCUT2D eigenvalue weighted by Crippen LogP contribution is 2.23. The minimum Gasteiger partial charge on any atom is -0.497 e. The molecule has 0 aromatic heterocycles. The Morgan fingerprint density at radius 2 is 2.33 bits per heavy atom. The molecule has 0 heterocycles. The maximum Gasteiger partial charge on any atom is 0.164 e. The molecule has 80 valence electrons. The highest BCUT2D eigenvalue weighted by molar-refractivity contribution is 6.34. The zero-order valence-electron chi connectivity index (χ0n) is 8.63. The summed E-state index contributed by atoms with van der Waals surface area (Å²) in [5, 5.41) is 0.434. The second-order valence-electron chi connectivity index (χ2n) is 3.10. The number of Topliss-reactive ketones (excluding diaryl/α,β-unsaturated/α-hetero) is 1. The van der Waals surface area contributed by atoms with Crippen molar-refractivity contribution in [1.29, 1.82) is 0 Å². The Hall–Kier alpha value is -1.28. The highest BCUT2D eigenvalue weighted by Gasteiger charge is 2.09. The number of rotatable bonds is 5. The molecule has 2 nitrogen and oxygen atoms in total. The van der Waals surface area contributed by atoms with Crippen LogP contribution in [0, 0.1) is 0 Å². The van der Waals surface area contributed by atoms with Crippen molar-refractivity contribution in [1.82, 2.24) is 0 Å². The number of hydrogen-bond acceptors (Lipinski definition) is 2. The summed E-state index contributed by atoms with van der Waals surface area (Å²) in [5.41, 5.74) is 0.541. The van der Waals surface area contributed by atoms with Crippen LogP contribution in [0.2, 0.25) is 5.02 Å². The van der Waals surface area contributed by atoms with E-state index in [1.807, 2.05) is 0 Å². The molecule has 0 saturated heterocycles. The van der Waals surface area contributed by atoms with Gasteiger partial charge >= 0.3 is 0 Å². The van der Waals surface area contributed by atoms with E-state index in [0.29, 0.717) is 29.2 Å². The van der Waals surface area contributed by atoms with Gasteiger partial charge in [0.2, 0.25) is 0 Å². The predicted molar refractivity (Wildman–Crippen MR) is 61.8 cm³/mol. The standard InChI is InChI=1S/C12H13ClO2/c1-3-4-5-12(14)10-7-6-9(15-2)8-11(10)13/h3,6-8H,1,4-5H2,2H3. The van der Waals surface area contributed by atoms with Crippen molar-refractivity contribution >= 4 is 17.4 Å². The third-order valence-electron chi connectivity index (χ3n) is 2.05. The lowest BCUT2D eigenvalue weighted by atomic mass is 10.1. The summed E-state index contributed by atoms with van der Waals surface area (Å²) >= 11 is 5.96. The summed E-state index contributed by atoms with van der Waals surface area (Å²) in [7, 11) is 1.56. The minimum atomic E-state index is 0.0301. The first kappa shape index (κ1) is 11.8. The number of allylic oxidation sites excluding steroid dienone is 1. The van der Waals surface area contributed by atoms with E-state index in [4.69, 9.17) is 16.3 Å². The Bertz CT molecular complexity index is 372. The van der Waals surface area contributed by atoms with Crippen molar-refractivity contribution in [2.75, 3.05) is 7.11 Å². The van der Waals surface area contributed by atoms with Gasteiger partial charge in [-0.1, -0.05) is 17.7 Å². The summed E-state index contributed by atoms with van der Waals surface area (Å²) in [6, 6.07) is 5.06. The van der Waals surface area contributed by atoms with E-state index in [9.17, 15) is 4.79 Å². The maximum atomic E-state index is 11.7. The van der Waals surface area contributed by atoms with Gasteiger partial charge in [0.1, 0.15) is 5.75 Å². The second kappa shape index (κ2) is 5.56. The molecule has 0 amide bonds. The number of hydrogen-bond donors (Lipinski definition) is 0. The average Bonchev–Trinajstić information content (AvgIpc) is 2.25. The molecule has 1 aromatic rings. The van der Waals surface area contributed by atoms with Crippen LogP contribution in [-0.2, 0) is 0 Å². The molecule has 3 heteroatoms. The molecule has 0 unspecified atom stereocenters. The molecule has 1 rings (SSSR count). The van der Waals surface area contributed by atoms with Crippen LogP contribution >= 0.6 is 11.6 Å². The van der Waals surface area contributed by atoms with E-state index in [1.54, 1.807) is 31.4 Å². The number of carbonyl (C=O) groups excluding carboxylic acids is 1. The highest BCUT2D eigenvalue weighted by atomic mass is 35.5. The van der Waals surface area contributed by atoms with Crippen molar-refractivity contribution < 1.29 is 9.53 Å². The number of halogens is 1. The molecule has 15 heavy (non-hydrogen) atoms. The average molecular weight is 225 g/mol. The van der Waals surface area contributed by atoms with Gasteiger partial charge in [0.15, 0.2) is 5.78 Å². The quantitative estimate of drug-likeness (QED) is 0.565. The SMILES string of the molecule is C=CCCC(=O)c1ccc(OC)cc1Cl. The van der Waals surface area contributed by atoms with Gasteiger partial charge in [0.05, 0.1) is 12.1 Å². The Morgan fingerprint density at radius 1 is 1.60 bits per heavy atom. The van der Waals surface area contributed by atoms with Gasteiger partial charge < -0.3 is 4.74 Å². The van der Waals surface area contributed by atoms with E-state index >= 15 is 0 Å². The summed E-state index contributed by atoms with van der Waals surface area (Å²) in [4.78, 5) is 11.7. The summed E-state index contributed by atoms with van der Waals surface area (Å²) in [6.07, 6.45) is 2.83. The third kappa shape index (κ3) is 3.10. The third-order valence-corrected chi connectivity index (χ3v) is 2.36. The van der Waals surface area contributed by atoms with Crippen molar-refractivity contribution in [3.05, 3.63) is 41.4 Å². The minimum absolute atomic E-state index is 0.0301. The fourth-order valence-electron chi connectivity index (χ4n) is 1.22. The lowest BCUT2D eigenvalue weighted by Crippen LogP contribution is -1.99. The van der Waals surface area contributed by atoms with Crippen molar-refractivity contribution in [2.45, 2.75) is 12.8 Å². The predicted octanol–water partition coefficient (Wildman–Crippen LogP) is 3.50. The molecule has 0 aliphatic carbocycles. The van der Waals surface area contributed by atoms with Gasteiger partial charge in [-0.05, 0) is 24.6 Å². The second-order valence-corrected chi connectivity index (χ2v) is 3.50. The van der Waals surface area contributed by atoms with Gasteiger partial charge in [-0.3, -0.25) is 4.79 Å². The molecular formula is C12H13ClO2. The number of carbonyl (C=O) groups is 1. The van der Waals surface area contributed by atoms with Crippen LogP contribution in [-0.4, -0.2) is 12.9 Å². The van der Waals surface area contributed by atoms with E-state index < -0.39 is 0 Å². The molecule has 0 spiro atoms. The number of ether oxygens (including phenoxy) is 1. The van der Waals surface area contributed by atoms with Gasteiger partial charge in [-0.25, -0.2) is 0 Å². The number of benzene rings is 1. The molecule has 0 aliphatic rings. The molecular weight excluding hydrogens is 212 g/mol. The van der Waals surface area contributed by atoms with Crippen molar-refractivity contribution in [3.8, 4) is 5.75 Å². The molecule has 0 fully saturated rings. The zero-order chi connectivity index (χ0) is 11.3. The Morgan fingerprint density at radius 3 is 2.87 bits per heavy atom. The van der Waals surface area contributed by atoms with Crippen LogP contribution in [0.5, 0.6) is 5.75 Å². The molecule has 0 radical (unpaired) electrons. The first-order chi connectivity index (χ1) is 7.19. The summed E-state index contributed by atoms with van der Waals surface area (Å²) in [5.74, 6) is 0.683. The van der Waals surface area contributed by atoms with E-state index in [-0.39, 0.29) is 5.78 Å². The smallest absolute Gasteiger partial charge is 0.164 e. The normalized spacial score (nSPS) is 9.73.